The van der Waals surface area contributed by atoms with Gasteiger partial charge in [-0.25, -0.2) is 13.2 Å². The highest BCUT2D eigenvalue weighted by Crippen LogP contribution is 2.26. The van der Waals surface area contributed by atoms with Crippen molar-refractivity contribution in [2.45, 2.75) is 44.9 Å². The quantitative estimate of drug-likeness (QED) is 0.700. The second-order valence-corrected chi connectivity index (χ2v) is 6.29. The summed E-state index contributed by atoms with van der Waals surface area (Å²) in [5, 5.41) is 3.66. The van der Waals surface area contributed by atoms with E-state index in [1.807, 2.05) is 6.92 Å². The van der Waals surface area contributed by atoms with Crippen molar-refractivity contribution >= 4 is 11.8 Å². The van der Waals surface area contributed by atoms with Gasteiger partial charge in [0.15, 0.2) is 17.5 Å². The molecule has 0 aliphatic rings. The molecule has 2 unspecified atom stereocenters. The lowest BCUT2D eigenvalue weighted by Crippen LogP contribution is -2.26. The van der Waals surface area contributed by atoms with Crippen LogP contribution in [0.2, 0.25) is 0 Å². The van der Waals surface area contributed by atoms with E-state index in [4.69, 9.17) is 0 Å². The maximum Gasteiger partial charge on any atom is 0.194 e. The van der Waals surface area contributed by atoms with E-state index in [9.17, 15) is 13.2 Å². The maximum atomic E-state index is 13.9. The first kappa shape index (κ1) is 17.4. The van der Waals surface area contributed by atoms with Gasteiger partial charge in [-0.1, -0.05) is 26.8 Å². The van der Waals surface area contributed by atoms with Crippen molar-refractivity contribution in [1.82, 2.24) is 5.32 Å². The molecule has 114 valence electrons. The number of benzene rings is 1. The van der Waals surface area contributed by atoms with Gasteiger partial charge in [0, 0.05) is 22.6 Å². The molecule has 1 rings (SSSR count). The molecule has 2 atom stereocenters. The largest absolute Gasteiger partial charge is 0.309 e. The monoisotopic (exact) mass is 305 g/mol. The second-order valence-electron chi connectivity index (χ2n) is 4.82. The first-order chi connectivity index (χ1) is 9.51. The topological polar surface area (TPSA) is 12.0 Å². The summed E-state index contributed by atoms with van der Waals surface area (Å²) in [6, 6.07) is 2.02. The Labute approximate surface area is 123 Å². The predicted molar refractivity (Wildman–Crippen MR) is 79.6 cm³/mol. The van der Waals surface area contributed by atoms with Crippen LogP contribution in [0.3, 0.4) is 0 Å². The van der Waals surface area contributed by atoms with E-state index < -0.39 is 17.5 Å². The SMILES string of the molecule is CCCNC(CSC(C)CC)c1ccc(F)c(F)c1F. The molecule has 1 nitrogen and oxygen atoms in total. The van der Waals surface area contributed by atoms with Gasteiger partial charge in [0.25, 0.3) is 0 Å². The zero-order chi connectivity index (χ0) is 15.1. The lowest BCUT2D eigenvalue weighted by atomic mass is 10.1. The minimum atomic E-state index is -1.39. The fraction of sp³-hybridized carbons (Fsp3) is 0.600. The highest BCUT2D eigenvalue weighted by Gasteiger charge is 2.21. The Kier molecular flexibility index (Phi) is 7.45. The van der Waals surface area contributed by atoms with Crippen LogP contribution in [-0.2, 0) is 0 Å². The summed E-state index contributed by atoms with van der Waals surface area (Å²) >= 11 is 1.70. The number of rotatable bonds is 8. The summed E-state index contributed by atoms with van der Waals surface area (Å²) in [5.74, 6) is -2.98. The fourth-order valence-corrected chi connectivity index (χ4v) is 2.82. The van der Waals surface area contributed by atoms with E-state index >= 15 is 0 Å². The summed E-state index contributed by atoms with van der Waals surface area (Å²) in [6.07, 6.45) is 1.92. The predicted octanol–water partition coefficient (Wildman–Crippen LogP) is 4.68. The van der Waals surface area contributed by atoms with Crippen LogP contribution in [-0.4, -0.2) is 17.5 Å². The average Bonchev–Trinajstić information content (AvgIpc) is 2.45. The van der Waals surface area contributed by atoms with Gasteiger partial charge in [0.1, 0.15) is 0 Å². The van der Waals surface area contributed by atoms with Crippen molar-refractivity contribution in [2.75, 3.05) is 12.3 Å². The van der Waals surface area contributed by atoms with Crippen LogP contribution in [0.5, 0.6) is 0 Å². The number of hydrogen-bond acceptors (Lipinski definition) is 2. The fourth-order valence-electron chi connectivity index (χ4n) is 1.77. The summed E-state index contributed by atoms with van der Waals surface area (Å²) in [6.45, 7) is 6.91. The molecular weight excluding hydrogens is 283 g/mol. The van der Waals surface area contributed by atoms with E-state index in [-0.39, 0.29) is 11.6 Å². The van der Waals surface area contributed by atoms with Crippen molar-refractivity contribution in [3.05, 3.63) is 35.1 Å². The minimum absolute atomic E-state index is 0.202. The Morgan fingerprint density at radius 3 is 2.45 bits per heavy atom. The van der Waals surface area contributed by atoms with Crippen LogP contribution in [0.1, 0.15) is 45.2 Å². The lowest BCUT2D eigenvalue weighted by Gasteiger charge is -2.21. The van der Waals surface area contributed by atoms with Crippen molar-refractivity contribution in [2.24, 2.45) is 0 Å². The molecular formula is C15H22F3NS. The normalized spacial score (nSPS) is 14.3. The third-order valence-electron chi connectivity index (χ3n) is 3.20. The first-order valence-electron chi connectivity index (χ1n) is 6.99. The molecule has 0 aliphatic carbocycles. The second kappa shape index (κ2) is 8.57. The molecule has 0 radical (unpaired) electrons. The molecule has 0 spiro atoms. The Morgan fingerprint density at radius 2 is 1.85 bits per heavy atom. The Balaban J connectivity index is 2.89. The molecule has 0 heterocycles. The van der Waals surface area contributed by atoms with Crippen molar-refractivity contribution < 1.29 is 13.2 Å². The van der Waals surface area contributed by atoms with Gasteiger partial charge in [0.2, 0.25) is 0 Å². The molecule has 0 fully saturated rings. The molecule has 0 saturated carbocycles. The molecule has 0 amide bonds. The number of halogens is 3. The van der Waals surface area contributed by atoms with Crippen LogP contribution in [0.4, 0.5) is 13.2 Å². The summed E-state index contributed by atoms with van der Waals surface area (Å²) < 4.78 is 40.2. The third-order valence-corrected chi connectivity index (χ3v) is 4.63. The highest BCUT2D eigenvalue weighted by molar-refractivity contribution is 7.99. The van der Waals surface area contributed by atoms with E-state index in [0.717, 1.165) is 18.9 Å². The van der Waals surface area contributed by atoms with Crippen LogP contribution >= 0.6 is 11.8 Å². The van der Waals surface area contributed by atoms with Crippen LogP contribution in [0.25, 0.3) is 0 Å². The van der Waals surface area contributed by atoms with Gasteiger partial charge in [0.05, 0.1) is 0 Å². The highest BCUT2D eigenvalue weighted by atomic mass is 32.2. The standard InChI is InChI=1S/C15H22F3NS/c1-4-8-19-13(9-20-10(3)5-2)11-6-7-12(16)15(18)14(11)17/h6-7,10,13,19H,4-5,8-9H2,1-3H3. The van der Waals surface area contributed by atoms with E-state index in [1.54, 1.807) is 11.8 Å². The smallest absolute Gasteiger partial charge is 0.194 e. The minimum Gasteiger partial charge on any atom is -0.309 e. The van der Waals surface area contributed by atoms with E-state index in [1.165, 1.54) is 6.07 Å². The summed E-state index contributed by atoms with van der Waals surface area (Å²) in [5.41, 5.74) is 0.202. The third kappa shape index (κ3) is 4.70. The summed E-state index contributed by atoms with van der Waals surface area (Å²) in [7, 11) is 0. The van der Waals surface area contributed by atoms with Crippen molar-refractivity contribution in [3.8, 4) is 0 Å². The zero-order valence-corrected chi connectivity index (χ0v) is 13.0. The molecule has 0 aliphatic heterocycles. The van der Waals surface area contributed by atoms with Crippen LogP contribution in [0, 0.1) is 17.5 Å². The molecule has 1 aromatic carbocycles. The molecule has 0 saturated heterocycles. The molecule has 1 aromatic rings. The van der Waals surface area contributed by atoms with Gasteiger partial charge in [-0.2, -0.15) is 11.8 Å². The van der Waals surface area contributed by atoms with Crippen molar-refractivity contribution in [3.63, 3.8) is 0 Å². The van der Waals surface area contributed by atoms with Crippen molar-refractivity contribution in [1.29, 1.82) is 0 Å². The number of nitrogens with one attached hydrogen (secondary N) is 1. The van der Waals surface area contributed by atoms with Crippen LogP contribution < -0.4 is 5.32 Å². The van der Waals surface area contributed by atoms with Gasteiger partial charge < -0.3 is 5.32 Å². The lowest BCUT2D eigenvalue weighted by molar-refractivity contribution is 0.430. The first-order valence-corrected chi connectivity index (χ1v) is 8.04. The van der Waals surface area contributed by atoms with E-state index in [2.05, 4.69) is 19.2 Å². The number of hydrogen-bond donors (Lipinski definition) is 1. The summed E-state index contributed by atoms with van der Waals surface area (Å²) in [4.78, 5) is 0. The van der Waals surface area contributed by atoms with Gasteiger partial charge in [-0.3, -0.25) is 0 Å². The zero-order valence-electron chi connectivity index (χ0n) is 12.2. The van der Waals surface area contributed by atoms with Gasteiger partial charge in [-0.15, -0.1) is 0 Å². The van der Waals surface area contributed by atoms with E-state index in [0.29, 0.717) is 17.5 Å². The average molecular weight is 305 g/mol. The van der Waals surface area contributed by atoms with Crippen LogP contribution in [0.15, 0.2) is 12.1 Å². The molecule has 20 heavy (non-hydrogen) atoms. The van der Waals surface area contributed by atoms with Gasteiger partial charge in [-0.05, 0) is 25.5 Å². The molecule has 5 heteroatoms. The molecule has 0 aromatic heterocycles. The maximum absolute atomic E-state index is 13.9. The Bertz CT molecular complexity index is 426. The Morgan fingerprint density at radius 1 is 1.15 bits per heavy atom. The molecule has 0 bridgehead atoms. The number of thioether (sulfide) groups is 1. The van der Waals surface area contributed by atoms with Gasteiger partial charge >= 0.3 is 0 Å². The Hall–Kier alpha value is -0.680. The molecule has 1 N–H and O–H groups in total.